The fraction of sp³-hybridized carbons (Fsp3) is 0.136. The molecule has 0 fully saturated rings. The summed E-state index contributed by atoms with van der Waals surface area (Å²) in [4.78, 5) is 23.1. The molecule has 3 aromatic rings. The number of anilines is 1. The SMILES string of the molecule is C/C(=N/NC(=O)COc1ccc2ccccc2c1)c1cccc(NC(=O)C(F)(F)F)c1. The van der Waals surface area contributed by atoms with E-state index >= 15 is 0 Å². The van der Waals surface area contributed by atoms with E-state index in [0.717, 1.165) is 10.8 Å². The molecule has 0 aliphatic heterocycles. The monoisotopic (exact) mass is 429 g/mol. The van der Waals surface area contributed by atoms with E-state index in [0.29, 0.717) is 17.0 Å². The molecule has 0 bridgehead atoms. The van der Waals surface area contributed by atoms with Crippen molar-refractivity contribution in [3.8, 4) is 5.75 Å². The molecule has 0 radical (unpaired) electrons. The second-order valence-electron chi connectivity index (χ2n) is 6.56. The first-order valence-corrected chi connectivity index (χ1v) is 9.16. The molecule has 0 aromatic heterocycles. The maximum absolute atomic E-state index is 12.4. The highest BCUT2D eigenvalue weighted by Crippen LogP contribution is 2.21. The van der Waals surface area contributed by atoms with Gasteiger partial charge in [0.05, 0.1) is 5.71 Å². The Morgan fingerprint density at radius 3 is 2.45 bits per heavy atom. The van der Waals surface area contributed by atoms with Crippen molar-refractivity contribution in [2.24, 2.45) is 5.10 Å². The molecule has 0 heterocycles. The lowest BCUT2D eigenvalue weighted by atomic mass is 10.1. The number of alkyl halides is 3. The van der Waals surface area contributed by atoms with Crippen LogP contribution in [0.2, 0.25) is 0 Å². The molecule has 31 heavy (non-hydrogen) atoms. The van der Waals surface area contributed by atoms with E-state index in [1.807, 2.05) is 36.4 Å². The fourth-order valence-electron chi connectivity index (χ4n) is 2.67. The predicted octanol–water partition coefficient (Wildman–Crippen LogP) is 4.26. The number of nitrogens with one attached hydrogen (secondary N) is 2. The first-order valence-electron chi connectivity index (χ1n) is 9.16. The molecular formula is C22H18F3N3O3. The Morgan fingerprint density at radius 1 is 0.968 bits per heavy atom. The molecule has 3 aromatic carbocycles. The van der Waals surface area contributed by atoms with Crippen LogP contribution in [-0.4, -0.2) is 30.3 Å². The summed E-state index contributed by atoms with van der Waals surface area (Å²) in [7, 11) is 0. The van der Waals surface area contributed by atoms with Crippen LogP contribution in [-0.2, 0) is 9.59 Å². The van der Waals surface area contributed by atoms with E-state index in [4.69, 9.17) is 4.74 Å². The average Bonchev–Trinajstić information content (AvgIpc) is 2.75. The van der Waals surface area contributed by atoms with Gasteiger partial charge in [0.2, 0.25) is 0 Å². The number of fused-ring (bicyclic) bond motifs is 1. The molecule has 0 atom stereocenters. The standard InChI is InChI=1S/C22H18F3N3O3/c1-14(16-7-4-8-18(11-16)26-21(30)22(23,24)25)27-28-20(29)13-31-19-10-9-15-5-2-3-6-17(15)12-19/h2-12H,13H2,1H3,(H,26,30)(H,28,29)/b27-14-. The summed E-state index contributed by atoms with van der Waals surface area (Å²) in [6.45, 7) is 1.30. The Kier molecular flexibility index (Phi) is 6.54. The van der Waals surface area contributed by atoms with Crippen molar-refractivity contribution in [2.45, 2.75) is 13.1 Å². The molecule has 0 spiro atoms. The first-order chi connectivity index (χ1) is 14.7. The molecule has 0 saturated heterocycles. The minimum absolute atomic E-state index is 0.0414. The van der Waals surface area contributed by atoms with E-state index in [9.17, 15) is 22.8 Å². The molecule has 6 nitrogen and oxygen atoms in total. The summed E-state index contributed by atoms with van der Waals surface area (Å²) in [5.41, 5.74) is 3.05. The lowest BCUT2D eigenvalue weighted by Crippen LogP contribution is -2.30. The molecule has 9 heteroatoms. The molecule has 0 aliphatic rings. The summed E-state index contributed by atoms with van der Waals surface area (Å²) in [6.07, 6.45) is -4.99. The van der Waals surface area contributed by atoms with Crippen LogP contribution in [0.4, 0.5) is 18.9 Å². The molecule has 0 unspecified atom stereocenters. The maximum Gasteiger partial charge on any atom is 0.471 e. The van der Waals surface area contributed by atoms with Gasteiger partial charge in [-0.1, -0.05) is 42.5 Å². The highest BCUT2D eigenvalue weighted by molar-refractivity contribution is 6.01. The lowest BCUT2D eigenvalue weighted by molar-refractivity contribution is -0.167. The minimum atomic E-state index is -4.99. The van der Waals surface area contributed by atoms with Crippen molar-refractivity contribution >= 4 is 34.0 Å². The second kappa shape index (κ2) is 9.29. The van der Waals surface area contributed by atoms with Crippen LogP contribution in [0.1, 0.15) is 12.5 Å². The van der Waals surface area contributed by atoms with E-state index in [2.05, 4.69) is 10.5 Å². The number of hydrogen-bond donors (Lipinski definition) is 2. The van der Waals surface area contributed by atoms with Crippen LogP contribution in [0.5, 0.6) is 5.75 Å². The van der Waals surface area contributed by atoms with Gasteiger partial charge in [0.1, 0.15) is 5.75 Å². The van der Waals surface area contributed by atoms with Gasteiger partial charge in [-0.25, -0.2) is 5.43 Å². The quantitative estimate of drug-likeness (QED) is 0.454. The minimum Gasteiger partial charge on any atom is -0.484 e. The zero-order chi connectivity index (χ0) is 22.4. The van der Waals surface area contributed by atoms with E-state index < -0.39 is 18.0 Å². The van der Waals surface area contributed by atoms with Gasteiger partial charge in [-0.15, -0.1) is 0 Å². The second-order valence-corrected chi connectivity index (χ2v) is 6.56. The van der Waals surface area contributed by atoms with Crippen molar-refractivity contribution in [1.29, 1.82) is 0 Å². The molecule has 3 rings (SSSR count). The van der Waals surface area contributed by atoms with Gasteiger partial charge in [-0.05, 0) is 47.5 Å². The van der Waals surface area contributed by atoms with Crippen molar-refractivity contribution in [3.63, 3.8) is 0 Å². The number of carbonyl (C=O) groups is 2. The van der Waals surface area contributed by atoms with Gasteiger partial charge in [0, 0.05) is 5.69 Å². The van der Waals surface area contributed by atoms with E-state index in [1.165, 1.54) is 18.2 Å². The zero-order valence-corrected chi connectivity index (χ0v) is 16.4. The predicted molar refractivity (Wildman–Crippen MR) is 111 cm³/mol. The third-order valence-corrected chi connectivity index (χ3v) is 4.23. The van der Waals surface area contributed by atoms with Crippen LogP contribution in [0.25, 0.3) is 10.8 Å². The molecule has 2 amide bonds. The largest absolute Gasteiger partial charge is 0.484 e. The highest BCUT2D eigenvalue weighted by Gasteiger charge is 2.38. The number of nitrogens with zero attached hydrogens (tertiary/aromatic N) is 1. The van der Waals surface area contributed by atoms with Gasteiger partial charge >= 0.3 is 12.1 Å². The number of amides is 2. The van der Waals surface area contributed by atoms with Crippen LogP contribution < -0.4 is 15.5 Å². The molecular weight excluding hydrogens is 411 g/mol. The Bertz CT molecular complexity index is 1140. The lowest BCUT2D eigenvalue weighted by Gasteiger charge is -2.09. The van der Waals surface area contributed by atoms with Gasteiger partial charge in [-0.3, -0.25) is 9.59 Å². The Labute approximate surface area is 175 Å². The number of hydrogen-bond acceptors (Lipinski definition) is 4. The molecule has 160 valence electrons. The van der Waals surface area contributed by atoms with Crippen LogP contribution in [0.3, 0.4) is 0 Å². The van der Waals surface area contributed by atoms with Crippen molar-refractivity contribution in [2.75, 3.05) is 11.9 Å². The maximum atomic E-state index is 12.4. The summed E-state index contributed by atoms with van der Waals surface area (Å²) in [5, 5.41) is 7.72. The van der Waals surface area contributed by atoms with Gasteiger partial charge < -0.3 is 10.1 Å². The summed E-state index contributed by atoms with van der Waals surface area (Å²) < 4.78 is 42.6. The molecule has 2 N–H and O–H groups in total. The van der Waals surface area contributed by atoms with Gasteiger partial charge in [-0.2, -0.15) is 18.3 Å². The molecule has 0 saturated carbocycles. The third kappa shape index (κ3) is 6.05. The van der Waals surface area contributed by atoms with Crippen molar-refractivity contribution in [1.82, 2.24) is 5.43 Å². The normalized spacial score (nSPS) is 11.8. The zero-order valence-electron chi connectivity index (χ0n) is 16.4. The number of carbonyl (C=O) groups excluding carboxylic acids is 2. The van der Waals surface area contributed by atoms with E-state index in [1.54, 1.807) is 24.4 Å². The topological polar surface area (TPSA) is 79.8 Å². The number of rotatable bonds is 6. The Hall–Kier alpha value is -3.88. The number of ether oxygens (including phenoxy) is 1. The van der Waals surface area contributed by atoms with Crippen molar-refractivity contribution in [3.05, 3.63) is 72.3 Å². The van der Waals surface area contributed by atoms with Crippen LogP contribution in [0.15, 0.2) is 71.8 Å². The Balaban J connectivity index is 1.57. The van der Waals surface area contributed by atoms with Crippen LogP contribution >= 0.6 is 0 Å². The van der Waals surface area contributed by atoms with E-state index in [-0.39, 0.29) is 12.3 Å². The number of halogens is 3. The fourth-order valence-corrected chi connectivity index (χ4v) is 2.67. The van der Waals surface area contributed by atoms with Gasteiger partial charge in [0.25, 0.3) is 5.91 Å². The average molecular weight is 429 g/mol. The smallest absolute Gasteiger partial charge is 0.471 e. The summed E-state index contributed by atoms with van der Waals surface area (Å²) >= 11 is 0. The van der Waals surface area contributed by atoms with Crippen molar-refractivity contribution < 1.29 is 27.5 Å². The van der Waals surface area contributed by atoms with Crippen LogP contribution in [0, 0.1) is 0 Å². The van der Waals surface area contributed by atoms with Gasteiger partial charge in [0.15, 0.2) is 6.61 Å². The third-order valence-electron chi connectivity index (χ3n) is 4.23. The first kappa shape index (κ1) is 21.8. The summed E-state index contributed by atoms with van der Waals surface area (Å²) in [6, 6.07) is 18.9. The number of hydrazone groups is 1. The Morgan fingerprint density at radius 2 is 1.71 bits per heavy atom. The number of benzene rings is 3. The summed E-state index contributed by atoms with van der Waals surface area (Å²) in [5.74, 6) is -2.05. The highest BCUT2D eigenvalue weighted by atomic mass is 19.4. The molecule has 0 aliphatic carbocycles.